The molecule has 3 heterocycles. The van der Waals surface area contributed by atoms with Gasteiger partial charge >= 0.3 is 0 Å². The predicted molar refractivity (Wildman–Crippen MR) is 116 cm³/mol. The molecular formula is C21H14N2O3S3. The first kappa shape index (κ1) is 18.3. The topological polar surface area (TPSA) is 74.3 Å². The zero-order chi connectivity index (χ0) is 20.0. The first-order valence-electron chi connectivity index (χ1n) is 8.85. The van der Waals surface area contributed by atoms with E-state index in [1.54, 1.807) is 30.0 Å². The molecule has 1 aliphatic heterocycles. The molecule has 0 atom stereocenters. The van der Waals surface area contributed by atoms with Gasteiger partial charge in [-0.25, -0.2) is 0 Å². The van der Waals surface area contributed by atoms with Crippen LogP contribution < -0.4 is 4.31 Å². The highest BCUT2D eigenvalue weighted by molar-refractivity contribution is 8.00. The Balaban J connectivity index is 1.60. The van der Waals surface area contributed by atoms with Gasteiger partial charge in [0.2, 0.25) is 5.09 Å². The van der Waals surface area contributed by atoms with Gasteiger partial charge in [-0.15, -0.1) is 23.1 Å². The Kier molecular flexibility index (Phi) is 4.39. The smallest absolute Gasteiger partial charge is 0.297 e. The first-order valence-corrected chi connectivity index (χ1v) is 12.1. The third kappa shape index (κ3) is 3.12. The van der Waals surface area contributed by atoms with E-state index >= 15 is 0 Å². The summed E-state index contributed by atoms with van der Waals surface area (Å²) in [7, 11) is -3.83. The van der Waals surface area contributed by atoms with E-state index < -0.39 is 10.0 Å². The minimum atomic E-state index is -3.83. The van der Waals surface area contributed by atoms with Crippen molar-refractivity contribution in [1.82, 2.24) is 0 Å². The van der Waals surface area contributed by atoms with Gasteiger partial charge in [0, 0.05) is 33.5 Å². The van der Waals surface area contributed by atoms with Crippen LogP contribution >= 0.6 is 23.1 Å². The van der Waals surface area contributed by atoms with Gasteiger partial charge < -0.3 is 4.42 Å². The molecule has 0 unspecified atom stereocenters. The first-order chi connectivity index (χ1) is 14.1. The molecule has 1 aliphatic rings. The zero-order valence-corrected chi connectivity index (χ0v) is 17.5. The number of anilines is 1. The number of fused-ring (bicyclic) bond motifs is 2. The van der Waals surface area contributed by atoms with Crippen molar-refractivity contribution in [2.24, 2.45) is 0 Å². The molecule has 29 heavy (non-hydrogen) atoms. The zero-order valence-electron chi connectivity index (χ0n) is 15.0. The van der Waals surface area contributed by atoms with Crippen molar-refractivity contribution in [3.63, 3.8) is 0 Å². The third-order valence-electron chi connectivity index (χ3n) is 4.73. The molecule has 2 aromatic carbocycles. The number of hydrogen-bond acceptors (Lipinski definition) is 6. The largest absolute Gasteiger partial charge is 0.443 e. The Bertz CT molecular complexity index is 1350. The fourth-order valence-corrected chi connectivity index (χ4v) is 6.72. The van der Waals surface area contributed by atoms with Crippen molar-refractivity contribution in [2.45, 2.75) is 9.99 Å². The van der Waals surface area contributed by atoms with Gasteiger partial charge in [-0.05, 0) is 35.9 Å². The lowest BCUT2D eigenvalue weighted by Gasteiger charge is -2.29. The van der Waals surface area contributed by atoms with Crippen LogP contribution in [0.3, 0.4) is 0 Å². The molecule has 0 bridgehead atoms. The molecule has 2 aromatic heterocycles. The van der Waals surface area contributed by atoms with Crippen molar-refractivity contribution in [2.75, 3.05) is 16.6 Å². The molecule has 5 rings (SSSR count). The van der Waals surface area contributed by atoms with E-state index in [9.17, 15) is 8.42 Å². The van der Waals surface area contributed by atoms with Crippen LogP contribution in [-0.4, -0.2) is 20.7 Å². The van der Waals surface area contributed by atoms with Crippen molar-refractivity contribution >= 4 is 49.8 Å². The molecule has 0 saturated heterocycles. The maximum Gasteiger partial charge on any atom is 0.297 e. The van der Waals surface area contributed by atoms with E-state index in [0.29, 0.717) is 28.4 Å². The Labute approximate surface area is 176 Å². The van der Waals surface area contributed by atoms with Crippen molar-refractivity contribution < 1.29 is 12.8 Å². The summed E-state index contributed by atoms with van der Waals surface area (Å²) in [5.74, 6) is 0.670. The van der Waals surface area contributed by atoms with Crippen LogP contribution in [-0.2, 0) is 10.0 Å². The monoisotopic (exact) mass is 438 g/mol. The quantitative estimate of drug-likeness (QED) is 0.432. The van der Waals surface area contributed by atoms with Crippen LogP contribution in [0.4, 0.5) is 5.69 Å². The van der Waals surface area contributed by atoms with Crippen molar-refractivity contribution in [1.29, 1.82) is 5.26 Å². The lowest BCUT2D eigenvalue weighted by atomic mass is 10.1. The fraction of sp³-hybridized carbons (Fsp3) is 0.0952. The Hall–Kier alpha value is -2.73. The second kappa shape index (κ2) is 6.95. The van der Waals surface area contributed by atoms with E-state index in [1.807, 2.05) is 42.5 Å². The lowest BCUT2D eigenvalue weighted by Crippen LogP contribution is -2.35. The van der Waals surface area contributed by atoms with Gasteiger partial charge in [0.25, 0.3) is 10.0 Å². The molecular weight excluding hydrogens is 424 g/mol. The number of rotatable bonds is 3. The summed E-state index contributed by atoms with van der Waals surface area (Å²) < 4.78 is 33.9. The van der Waals surface area contributed by atoms with Gasteiger partial charge in [0.05, 0.1) is 5.69 Å². The summed E-state index contributed by atoms with van der Waals surface area (Å²) in [5.41, 5.74) is 2.09. The second-order valence-corrected chi connectivity index (χ2v) is 10.5. The molecule has 0 radical (unpaired) electrons. The molecule has 0 saturated carbocycles. The number of furan rings is 1. The fourth-order valence-electron chi connectivity index (χ4n) is 3.34. The minimum absolute atomic E-state index is 0.0511. The van der Waals surface area contributed by atoms with Crippen LogP contribution in [0, 0.1) is 11.3 Å². The second-order valence-electron chi connectivity index (χ2n) is 6.49. The number of benzene rings is 2. The average molecular weight is 439 g/mol. The lowest BCUT2D eigenvalue weighted by molar-refractivity contribution is 0.480. The van der Waals surface area contributed by atoms with Gasteiger partial charge in [-0.3, -0.25) is 4.31 Å². The SMILES string of the molecule is N#Cc1ccc(-c2ccc3c(c2)N(S(=O)(=O)c2cc4ccccc4o2)CCS3)s1. The van der Waals surface area contributed by atoms with Crippen molar-refractivity contribution in [3.8, 4) is 16.5 Å². The molecule has 0 N–H and O–H groups in total. The number of thioether (sulfide) groups is 1. The summed E-state index contributed by atoms with van der Waals surface area (Å²) in [5, 5.41) is 9.79. The standard InChI is InChI=1S/C21H14N2O3S3/c22-13-16-6-8-19(28-16)15-5-7-20-17(11-15)23(9-10-27-20)29(24,25)21-12-14-3-1-2-4-18(14)26-21/h1-8,11-12H,9-10H2. The number of hydrogen-bond donors (Lipinski definition) is 0. The molecule has 0 aliphatic carbocycles. The Morgan fingerprint density at radius 2 is 1.93 bits per heavy atom. The molecule has 5 nitrogen and oxygen atoms in total. The summed E-state index contributed by atoms with van der Waals surface area (Å²) in [6, 6.07) is 20.4. The predicted octanol–water partition coefficient (Wildman–Crippen LogP) is 5.33. The van der Waals surface area contributed by atoms with Crippen LogP contribution in [0.25, 0.3) is 21.4 Å². The number of sulfonamides is 1. The van der Waals surface area contributed by atoms with E-state index in [0.717, 1.165) is 20.7 Å². The Morgan fingerprint density at radius 3 is 2.72 bits per heavy atom. The average Bonchev–Trinajstić information content (AvgIpc) is 3.40. The number of nitriles is 1. The van der Waals surface area contributed by atoms with E-state index in [2.05, 4.69) is 6.07 Å². The van der Waals surface area contributed by atoms with Crippen LogP contribution in [0.15, 0.2) is 75.1 Å². The maximum atomic E-state index is 13.4. The number of thiophene rings is 1. The normalized spacial score (nSPS) is 14.0. The summed E-state index contributed by atoms with van der Waals surface area (Å²) >= 11 is 3.03. The highest BCUT2D eigenvalue weighted by atomic mass is 32.2. The van der Waals surface area contributed by atoms with Crippen LogP contribution in [0.2, 0.25) is 0 Å². The minimum Gasteiger partial charge on any atom is -0.443 e. The van der Waals surface area contributed by atoms with Gasteiger partial charge in [0.15, 0.2) is 0 Å². The van der Waals surface area contributed by atoms with Gasteiger partial charge in [-0.1, -0.05) is 24.3 Å². The molecule has 0 spiro atoms. The summed E-state index contributed by atoms with van der Waals surface area (Å²) in [4.78, 5) is 2.47. The van der Waals surface area contributed by atoms with Crippen LogP contribution in [0.5, 0.6) is 0 Å². The molecule has 0 amide bonds. The van der Waals surface area contributed by atoms with E-state index in [-0.39, 0.29) is 5.09 Å². The molecule has 0 fully saturated rings. The highest BCUT2D eigenvalue weighted by Crippen LogP contribution is 2.41. The van der Waals surface area contributed by atoms with E-state index in [4.69, 9.17) is 9.68 Å². The summed E-state index contributed by atoms with van der Waals surface area (Å²) in [6.07, 6.45) is 0. The Morgan fingerprint density at radius 1 is 1.07 bits per heavy atom. The molecule has 8 heteroatoms. The van der Waals surface area contributed by atoms with Crippen molar-refractivity contribution in [3.05, 3.63) is 65.5 Å². The van der Waals surface area contributed by atoms with Gasteiger partial charge in [0.1, 0.15) is 16.5 Å². The summed E-state index contributed by atoms with van der Waals surface area (Å²) in [6.45, 7) is 0.369. The molecule has 144 valence electrons. The van der Waals surface area contributed by atoms with E-state index in [1.165, 1.54) is 15.6 Å². The number of para-hydroxylation sites is 1. The third-order valence-corrected chi connectivity index (χ3v) is 8.48. The van der Waals surface area contributed by atoms with Crippen LogP contribution in [0.1, 0.15) is 4.88 Å². The maximum absolute atomic E-state index is 13.4. The number of nitrogens with zero attached hydrogens (tertiary/aromatic N) is 2. The highest BCUT2D eigenvalue weighted by Gasteiger charge is 2.32. The molecule has 4 aromatic rings. The van der Waals surface area contributed by atoms with Gasteiger partial charge in [-0.2, -0.15) is 13.7 Å².